The maximum absolute atomic E-state index is 11.0. The van der Waals surface area contributed by atoms with Crippen molar-refractivity contribution in [2.45, 2.75) is 37.9 Å². The van der Waals surface area contributed by atoms with Crippen LogP contribution in [0.5, 0.6) is 0 Å². The summed E-state index contributed by atoms with van der Waals surface area (Å²) in [4.78, 5) is 12.1. The number of carboxylic acids is 1. The largest absolute Gasteiger partial charge is 0.481 e. The van der Waals surface area contributed by atoms with E-state index in [9.17, 15) is 4.79 Å². The lowest BCUT2D eigenvalue weighted by Gasteiger charge is -2.28. The molecule has 0 amide bonds. The van der Waals surface area contributed by atoms with Crippen molar-refractivity contribution >= 4 is 17.3 Å². The number of nitrogens with one attached hydrogen (secondary N) is 2. The van der Waals surface area contributed by atoms with Gasteiger partial charge in [-0.2, -0.15) is 0 Å². The first kappa shape index (κ1) is 15.4. The van der Waals surface area contributed by atoms with Crippen LogP contribution in [0.3, 0.4) is 0 Å². The van der Waals surface area contributed by atoms with Crippen LogP contribution < -0.4 is 10.6 Å². The first-order valence-electron chi connectivity index (χ1n) is 6.97. The van der Waals surface area contributed by atoms with Crippen molar-refractivity contribution in [1.82, 2.24) is 10.6 Å². The minimum atomic E-state index is -0.776. The quantitative estimate of drug-likeness (QED) is 0.713. The van der Waals surface area contributed by atoms with E-state index in [0.29, 0.717) is 6.04 Å². The highest BCUT2D eigenvalue weighted by Crippen LogP contribution is 2.23. The van der Waals surface area contributed by atoms with E-state index in [2.05, 4.69) is 17.6 Å². The van der Waals surface area contributed by atoms with E-state index < -0.39 is 5.97 Å². The SMILES string of the molecule is CC(CC1COCCN1)NC(CC(=O)O)c1cccs1. The third-order valence-corrected chi connectivity index (χ3v) is 4.37. The highest BCUT2D eigenvalue weighted by atomic mass is 32.1. The molecule has 1 saturated heterocycles. The molecule has 1 aliphatic heterocycles. The molecule has 20 heavy (non-hydrogen) atoms. The third-order valence-electron chi connectivity index (χ3n) is 3.39. The van der Waals surface area contributed by atoms with Crippen molar-refractivity contribution in [2.75, 3.05) is 19.8 Å². The summed E-state index contributed by atoms with van der Waals surface area (Å²) in [5.74, 6) is -0.776. The van der Waals surface area contributed by atoms with E-state index in [1.165, 1.54) is 0 Å². The van der Waals surface area contributed by atoms with Gasteiger partial charge < -0.3 is 20.5 Å². The molecule has 2 heterocycles. The molecule has 0 radical (unpaired) electrons. The fourth-order valence-corrected chi connectivity index (χ4v) is 3.30. The molecule has 3 N–H and O–H groups in total. The molecule has 0 aliphatic carbocycles. The van der Waals surface area contributed by atoms with Crippen LogP contribution in [0.25, 0.3) is 0 Å². The Morgan fingerprint density at radius 1 is 1.70 bits per heavy atom. The standard InChI is InChI=1S/C14H22N2O3S/c1-10(7-11-9-19-5-4-15-11)16-12(8-14(17)18)13-3-2-6-20-13/h2-3,6,10-12,15-16H,4-5,7-9H2,1H3,(H,17,18). The molecule has 0 aromatic carbocycles. The molecule has 0 bridgehead atoms. The van der Waals surface area contributed by atoms with Crippen LogP contribution in [0.1, 0.15) is 30.7 Å². The molecule has 0 saturated carbocycles. The van der Waals surface area contributed by atoms with Gasteiger partial charge in [-0.3, -0.25) is 4.79 Å². The molecule has 112 valence electrons. The van der Waals surface area contributed by atoms with Gasteiger partial charge in [-0.1, -0.05) is 6.07 Å². The maximum Gasteiger partial charge on any atom is 0.305 e. The molecule has 1 aliphatic rings. The van der Waals surface area contributed by atoms with Crippen LogP contribution in [0.15, 0.2) is 17.5 Å². The van der Waals surface area contributed by atoms with Crippen molar-refractivity contribution in [1.29, 1.82) is 0 Å². The Morgan fingerprint density at radius 3 is 3.15 bits per heavy atom. The summed E-state index contributed by atoms with van der Waals surface area (Å²) in [6, 6.07) is 4.41. The summed E-state index contributed by atoms with van der Waals surface area (Å²) in [6.45, 7) is 4.49. The Bertz CT molecular complexity index is 405. The fourth-order valence-electron chi connectivity index (χ4n) is 2.52. The predicted molar refractivity (Wildman–Crippen MR) is 79.1 cm³/mol. The second kappa shape index (κ2) is 7.73. The van der Waals surface area contributed by atoms with E-state index in [1.54, 1.807) is 11.3 Å². The number of aliphatic carboxylic acids is 1. The van der Waals surface area contributed by atoms with Crippen LogP contribution in [-0.2, 0) is 9.53 Å². The van der Waals surface area contributed by atoms with Gasteiger partial charge in [-0.05, 0) is 24.8 Å². The summed E-state index contributed by atoms with van der Waals surface area (Å²) < 4.78 is 5.44. The van der Waals surface area contributed by atoms with Gasteiger partial charge in [0, 0.05) is 23.5 Å². The lowest BCUT2D eigenvalue weighted by atomic mass is 10.1. The Hall–Kier alpha value is -0.950. The van der Waals surface area contributed by atoms with Crippen LogP contribution in [0.4, 0.5) is 0 Å². The van der Waals surface area contributed by atoms with E-state index in [-0.39, 0.29) is 18.5 Å². The zero-order valence-corrected chi connectivity index (χ0v) is 12.5. The highest BCUT2D eigenvalue weighted by Gasteiger charge is 2.21. The number of hydrogen-bond donors (Lipinski definition) is 3. The second-order valence-corrected chi connectivity index (χ2v) is 6.17. The molecule has 2 rings (SSSR count). The maximum atomic E-state index is 11.0. The lowest BCUT2D eigenvalue weighted by molar-refractivity contribution is -0.137. The monoisotopic (exact) mass is 298 g/mol. The van der Waals surface area contributed by atoms with Crippen LogP contribution in [0.2, 0.25) is 0 Å². The summed E-state index contributed by atoms with van der Waals surface area (Å²) in [7, 11) is 0. The van der Waals surface area contributed by atoms with Gasteiger partial charge in [0.25, 0.3) is 0 Å². The predicted octanol–water partition coefficient (Wildman–Crippen LogP) is 1.62. The van der Waals surface area contributed by atoms with Crippen LogP contribution in [-0.4, -0.2) is 42.9 Å². The Kier molecular flexibility index (Phi) is 5.97. The number of thiophene rings is 1. The van der Waals surface area contributed by atoms with E-state index in [1.807, 2.05) is 17.5 Å². The number of hydrogen-bond acceptors (Lipinski definition) is 5. The fraction of sp³-hybridized carbons (Fsp3) is 0.643. The first-order valence-corrected chi connectivity index (χ1v) is 7.85. The van der Waals surface area contributed by atoms with Crippen molar-refractivity contribution in [2.24, 2.45) is 0 Å². The highest BCUT2D eigenvalue weighted by molar-refractivity contribution is 7.10. The number of carbonyl (C=O) groups is 1. The van der Waals surface area contributed by atoms with Gasteiger partial charge in [0.1, 0.15) is 0 Å². The van der Waals surface area contributed by atoms with Gasteiger partial charge in [-0.15, -0.1) is 11.3 Å². The van der Waals surface area contributed by atoms with E-state index in [0.717, 1.165) is 31.1 Å². The number of rotatable bonds is 7. The van der Waals surface area contributed by atoms with Gasteiger partial charge >= 0.3 is 5.97 Å². The normalized spacial score (nSPS) is 22.4. The molecular weight excluding hydrogens is 276 g/mol. The van der Waals surface area contributed by atoms with E-state index in [4.69, 9.17) is 9.84 Å². The van der Waals surface area contributed by atoms with Crippen molar-refractivity contribution in [3.8, 4) is 0 Å². The van der Waals surface area contributed by atoms with Crippen molar-refractivity contribution in [3.05, 3.63) is 22.4 Å². The molecule has 1 aromatic rings. The van der Waals surface area contributed by atoms with Gasteiger partial charge in [0.15, 0.2) is 0 Å². The number of morpholine rings is 1. The summed E-state index contributed by atoms with van der Waals surface area (Å²) in [5, 5.41) is 17.9. The first-order chi connectivity index (χ1) is 9.65. The van der Waals surface area contributed by atoms with Gasteiger partial charge in [0.05, 0.1) is 25.7 Å². The molecular formula is C14H22N2O3S. The molecule has 3 unspecified atom stereocenters. The van der Waals surface area contributed by atoms with Crippen molar-refractivity contribution in [3.63, 3.8) is 0 Å². The molecule has 1 aromatic heterocycles. The van der Waals surface area contributed by atoms with E-state index >= 15 is 0 Å². The van der Waals surface area contributed by atoms with Gasteiger partial charge in [0.2, 0.25) is 0 Å². The number of carboxylic acid groups (broad SMARTS) is 1. The third kappa shape index (κ3) is 4.86. The zero-order chi connectivity index (χ0) is 14.4. The smallest absolute Gasteiger partial charge is 0.305 e. The summed E-state index contributed by atoms with van der Waals surface area (Å²) >= 11 is 1.59. The average molecular weight is 298 g/mol. The Morgan fingerprint density at radius 2 is 2.55 bits per heavy atom. The molecule has 1 fully saturated rings. The topological polar surface area (TPSA) is 70.6 Å². The lowest BCUT2D eigenvalue weighted by Crippen LogP contribution is -2.45. The average Bonchev–Trinajstić information content (AvgIpc) is 2.92. The Labute approximate surface area is 123 Å². The molecule has 6 heteroatoms. The summed E-state index contributed by atoms with van der Waals surface area (Å²) in [5.41, 5.74) is 0. The van der Waals surface area contributed by atoms with Crippen LogP contribution >= 0.6 is 11.3 Å². The molecule has 0 spiro atoms. The zero-order valence-electron chi connectivity index (χ0n) is 11.7. The van der Waals surface area contributed by atoms with Crippen molar-refractivity contribution < 1.29 is 14.6 Å². The minimum absolute atomic E-state index is 0.111. The summed E-state index contributed by atoms with van der Waals surface area (Å²) in [6.07, 6.45) is 1.04. The number of ether oxygens (including phenoxy) is 1. The van der Waals surface area contributed by atoms with Crippen LogP contribution in [0, 0.1) is 0 Å². The molecule has 3 atom stereocenters. The molecule has 5 nitrogen and oxygen atoms in total. The Balaban J connectivity index is 1.87. The minimum Gasteiger partial charge on any atom is -0.481 e. The second-order valence-electron chi connectivity index (χ2n) is 5.20. The van der Waals surface area contributed by atoms with Gasteiger partial charge in [-0.25, -0.2) is 0 Å².